The minimum absolute atomic E-state index is 0.00348. The lowest BCUT2D eigenvalue weighted by Gasteiger charge is -2.08. The fourth-order valence-electron chi connectivity index (χ4n) is 3.33. The van der Waals surface area contributed by atoms with Crippen LogP contribution in [0.15, 0.2) is 66.7 Å². The van der Waals surface area contributed by atoms with E-state index in [9.17, 15) is 18.0 Å². The van der Waals surface area contributed by atoms with Crippen LogP contribution >= 0.6 is 0 Å². The second kappa shape index (κ2) is 8.70. The van der Waals surface area contributed by atoms with E-state index in [-0.39, 0.29) is 11.5 Å². The number of carbonyl (C=O) groups excluding carboxylic acids is 1. The fraction of sp³-hybridized carbons (Fsp3) is 0.120. The van der Waals surface area contributed by atoms with E-state index in [1.165, 1.54) is 12.1 Å². The lowest BCUT2D eigenvalue weighted by atomic mass is 9.97. The molecule has 0 aliphatic rings. The SMILES string of the molecule is CC(=O)c1ccccc1-c1ccc2nc(/C=C/c3ccc(OCC(F)(F)F)cc3)[nH]c2c1. The average Bonchev–Trinajstić information content (AvgIpc) is 3.18. The zero-order valence-corrected chi connectivity index (χ0v) is 17.1. The third-order valence-electron chi connectivity index (χ3n) is 4.83. The van der Waals surface area contributed by atoms with Crippen molar-refractivity contribution in [2.45, 2.75) is 13.1 Å². The van der Waals surface area contributed by atoms with Crippen molar-refractivity contribution in [3.63, 3.8) is 0 Å². The highest BCUT2D eigenvalue weighted by atomic mass is 19.4. The molecular formula is C25H19F3N2O2. The van der Waals surface area contributed by atoms with E-state index in [0.717, 1.165) is 27.7 Å². The molecule has 1 N–H and O–H groups in total. The van der Waals surface area contributed by atoms with Crippen molar-refractivity contribution in [1.82, 2.24) is 9.97 Å². The van der Waals surface area contributed by atoms with Gasteiger partial charge in [0, 0.05) is 5.56 Å². The minimum Gasteiger partial charge on any atom is -0.484 e. The van der Waals surface area contributed by atoms with Gasteiger partial charge in [0.2, 0.25) is 0 Å². The number of halogens is 3. The summed E-state index contributed by atoms with van der Waals surface area (Å²) in [5.74, 6) is 0.791. The summed E-state index contributed by atoms with van der Waals surface area (Å²) in [4.78, 5) is 19.7. The third kappa shape index (κ3) is 5.06. The number of H-pyrrole nitrogens is 1. The molecule has 0 aliphatic heterocycles. The molecule has 162 valence electrons. The van der Waals surface area contributed by atoms with Crippen molar-refractivity contribution < 1.29 is 22.7 Å². The highest BCUT2D eigenvalue weighted by molar-refractivity contribution is 6.01. The van der Waals surface area contributed by atoms with Crippen LogP contribution in [0.3, 0.4) is 0 Å². The van der Waals surface area contributed by atoms with Gasteiger partial charge in [-0.25, -0.2) is 4.98 Å². The molecule has 1 aromatic heterocycles. The fourth-order valence-corrected chi connectivity index (χ4v) is 3.33. The Morgan fingerprint density at radius 2 is 1.78 bits per heavy atom. The van der Waals surface area contributed by atoms with Gasteiger partial charge in [-0.3, -0.25) is 4.79 Å². The predicted molar refractivity (Wildman–Crippen MR) is 118 cm³/mol. The molecule has 0 aliphatic carbocycles. The van der Waals surface area contributed by atoms with Crippen LogP contribution in [0, 0.1) is 0 Å². The summed E-state index contributed by atoms with van der Waals surface area (Å²) in [5, 5.41) is 0. The first-order valence-electron chi connectivity index (χ1n) is 9.86. The first-order valence-corrected chi connectivity index (χ1v) is 9.86. The van der Waals surface area contributed by atoms with E-state index < -0.39 is 12.8 Å². The molecule has 0 atom stereocenters. The molecular weight excluding hydrogens is 417 g/mol. The van der Waals surface area contributed by atoms with Crippen LogP contribution in [-0.4, -0.2) is 28.5 Å². The van der Waals surface area contributed by atoms with Crippen molar-refractivity contribution >= 4 is 29.0 Å². The molecule has 0 bridgehead atoms. The molecule has 0 spiro atoms. The maximum Gasteiger partial charge on any atom is 0.422 e. The number of imidazole rings is 1. The van der Waals surface area contributed by atoms with Gasteiger partial charge in [0.15, 0.2) is 12.4 Å². The van der Waals surface area contributed by atoms with E-state index in [1.807, 2.05) is 42.5 Å². The van der Waals surface area contributed by atoms with Gasteiger partial charge >= 0.3 is 6.18 Å². The summed E-state index contributed by atoms with van der Waals surface area (Å²) < 4.78 is 41.4. The topological polar surface area (TPSA) is 55.0 Å². The second-order valence-corrected chi connectivity index (χ2v) is 7.26. The first kappa shape index (κ1) is 21.4. The quantitative estimate of drug-likeness (QED) is 0.349. The Morgan fingerprint density at radius 3 is 2.50 bits per heavy atom. The van der Waals surface area contributed by atoms with E-state index in [4.69, 9.17) is 4.74 Å². The van der Waals surface area contributed by atoms with Crippen LogP contribution in [0.5, 0.6) is 5.75 Å². The number of hydrogen-bond donors (Lipinski definition) is 1. The van der Waals surface area contributed by atoms with Crippen LogP contribution in [0.1, 0.15) is 28.7 Å². The molecule has 0 saturated heterocycles. The lowest BCUT2D eigenvalue weighted by Crippen LogP contribution is -2.19. The summed E-state index contributed by atoms with van der Waals surface area (Å²) in [7, 11) is 0. The number of ketones is 1. The summed E-state index contributed by atoms with van der Waals surface area (Å²) in [6.45, 7) is 0.228. The van der Waals surface area contributed by atoms with E-state index >= 15 is 0 Å². The van der Waals surface area contributed by atoms with Crippen LogP contribution in [0.4, 0.5) is 13.2 Å². The molecule has 32 heavy (non-hydrogen) atoms. The number of fused-ring (bicyclic) bond motifs is 1. The number of nitrogens with one attached hydrogen (secondary N) is 1. The number of rotatable bonds is 6. The largest absolute Gasteiger partial charge is 0.484 e. The molecule has 0 fully saturated rings. The Bertz CT molecular complexity index is 1290. The maximum absolute atomic E-state index is 12.2. The highest BCUT2D eigenvalue weighted by Crippen LogP contribution is 2.27. The van der Waals surface area contributed by atoms with Crippen LogP contribution < -0.4 is 4.74 Å². The second-order valence-electron chi connectivity index (χ2n) is 7.26. The molecule has 0 unspecified atom stereocenters. The van der Waals surface area contributed by atoms with Gasteiger partial charge in [0.05, 0.1) is 11.0 Å². The average molecular weight is 436 g/mol. The van der Waals surface area contributed by atoms with Crippen molar-refractivity contribution in [3.05, 3.63) is 83.7 Å². The number of aromatic nitrogens is 2. The van der Waals surface area contributed by atoms with Crippen molar-refractivity contribution in [1.29, 1.82) is 0 Å². The number of alkyl halides is 3. The summed E-state index contributed by atoms with van der Waals surface area (Å²) >= 11 is 0. The maximum atomic E-state index is 12.2. The van der Waals surface area contributed by atoms with E-state index in [2.05, 4.69) is 9.97 Å². The standard InChI is InChI=1S/C25H19F3N2O2/c1-16(31)20-4-2-3-5-21(20)18-9-12-22-23(14-18)30-24(29-22)13-8-17-6-10-19(11-7-17)32-15-25(26,27)28/h2-14H,15H2,1H3,(H,29,30)/b13-8+. The smallest absolute Gasteiger partial charge is 0.422 e. The molecule has 0 saturated carbocycles. The Kier molecular flexibility index (Phi) is 5.81. The molecule has 4 rings (SSSR count). The Balaban J connectivity index is 1.52. The number of aromatic amines is 1. The van der Waals surface area contributed by atoms with Gasteiger partial charge in [-0.15, -0.1) is 0 Å². The molecule has 7 heteroatoms. The molecule has 0 amide bonds. The normalized spacial score (nSPS) is 11.9. The summed E-state index contributed by atoms with van der Waals surface area (Å²) in [6, 6.07) is 19.5. The van der Waals surface area contributed by atoms with E-state index in [0.29, 0.717) is 11.4 Å². The van der Waals surface area contributed by atoms with Gasteiger partial charge in [-0.2, -0.15) is 13.2 Å². The number of carbonyl (C=O) groups is 1. The Labute approximate surface area is 182 Å². The molecule has 4 nitrogen and oxygen atoms in total. The number of benzene rings is 3. The number of nitrogens with zero attached hydrogens (tertiary/aromatic N) is 1. The van der Waals surface area contributed by atoms with Gasteiger partial charge in [-0.1, -0.05) is 48.5 Å². The Hall–Kier alpha value is -3.87. The van der Waals surface area contributed by atoms with Gasteiger partial charge < -0.3 is 9.72 Å². The summed E-state index contributed by atoms with van der Waals surface area (Å²) in [6.07, 6.45) is -0.778. The monoisotopic (exact) mass is 436 g/mol. The summed E-state index contributed by atoms with van der Waals surface area (Å²) in [5.41, 5.74) is 4.84. The van der Waals surface area contributed by atoms with Crippen molar-refractivity contribution in [3.8, 4) is 16.9 Å². The minimum atomic E-state index is -4.37. The molecule has 1 heterocycles. The zero-order valence-electron chi connectivity index (χ0n) is 17.1. The highest BCUT2D eigenvalue weighted by Gasteiger charge is 2.28. The van der Waals surface area contributed by atoms with Gasteiger partial charge in [0.1, 0.15) is 11.6 Å². The van der Waals surface area contributed by atoms with Crippen LogP contribution in [0.2, 0.25) is 0 Å². The Morgan fingerprint density at radius 1 is 1.03 bits per heavy atom. The third-order valence-corrected chi connectivity index (χ3v) is 4.83. The molecule has 4 aromatic rings. The molecule has 3 aromatic carbocycles. The van der Waals surface area contributed by atoms with Gasteiger partial charge in [-0.05, 0) is 54.0 Å². The van der Waals surface area contributed by atoms with E-state index in [1.54, 1.807) is 31.2 Å². The number of Topliss-reactive ketones (excluding diaryl/α,β-unsaturated/α-hetero) is 1. The first-order chi connectivity index (χ1) is 15.3. The van der Waals surface area contributed by atoms with Crippen molar-refractivity contribution in [2.24, 2.45) is 0 Å². The number of ether oxygens (including phenoxy) is 1. The van der Waals surface area contributed by atoms with Gasteiger partial charge in [0.25, 0.3) is 0 Å². The predicted octanol–water partition coefficient (Wildman–Crippen LogP) is 6.54. The zero-order chi connectivity index (χ0) is 22.7. The molecule has 0 radical (unpaired) electrons. The lowest BCUT2D eigenvalue weighted by molar-refractivity contribution is -0.153. The van der Waals surface area contributed by atoms with Crippen LogP contribution in [0.25, 0.3) is 34.3 Å². The number of hydrogen-bond acceptors (Lipinski definition) is 3. The van der Waals surface area contributed by atoms with Crippen molar-refractivity contribution in [2.75, 3.05) is 6.61 Å². The van der Waals surface area contributed by atoms with Crippen LogP contribution in [-0.2, 0) is 0 Å².